The summed E-state index contributed by atoms with van der Waals surface area (Å²) < 4.78 is 8.88. The highest BCUT2D eigenvalue weighted by Gasteiger charge is 2.64. The molecule has 4 atom stereocenters. The molecule has 0 bridgehead atoms. The van der Waals surface area contributed by atoms with Crippen molar-refractivity contribution in [2.75, 3.05) is 7.11 Å². The number of nitrogens with zero attached hydrogens (tertiary/aromatic N) is 1. The Kier molecular flexibility index (Phi) is 6.40. The number of esters is 2. The lowest BCUT2D eigenvalue weighted by atomic mass is 9.95. The summed E-state index contributed by atoms with van der Waals surface area (Å²) in [6.07, 6.45) is -1.55. The number of nitrogens with one attached hydrogen (secondary N) is 1. The number of hydrogen-bond donors (Lipinski definition) is 1. The Bertz CT molecular complexity index is 918. The van der Waals surface area contributed by atoms with E-state index in [2.05, 4.69) is 10.1 Å². The van der Waals surface area contributed by atoms with E-state index >= 15 is 0 Å². The number of carbonyl (C=O) groups is 5. The number of methoxy groups -OCH3 is 1. The normalized spacial score (nSPS) is 24.5. The van der Waals surface area contributed by atoms with Crippen molar-refractivity contribution in [2.45, 2.75) is 55.5 Å². The molecule has 3 rings (SSSR count). The second-order valence-electron chi connectivity index (χ2n) is 7.92. The minimum Gasteiger partial charge on any atom is -0.466 e. The van der Waals surface area contributed by atoms with Gasteiger partial charge in [0.25, 0.3) is 6.10 Å². The van der Waals surface area contributed by atoms with E-state index in [9.17, 15) is 24.0 Å². The van der Waals surface area contributed by atoms with Crippen LogP contribution in [-0.4, -0.2) is 69.9 Å². The van der Waals surface area contributed by atoms with Crippen molar-refractivity contribution in [3.05, 3.63) is 35.9 Å². The number of thioether (sulfide) groups is 1. The first-order valence-corrected chi connectivity index (χ1v) is 10.6. The summed E-state index contributed by atoms with van der Waals surface area (Å²) in [4.78, 5) is 62.8. The SMILES string of the molecule is COC(=O)C(OC(=O)C1N2C(=O)C(NC(=O)Cc3ccccc3)C2SC1(C)C)C(C)=O. The topological polar surface area (TPSA) is 119 Å². The maximum atomic E-state index is 12.8. The van der Waals surface area contributed by atoms with Crippen LogP contribution in [0.15, 0.2) is 30.3 Å². The molecule has 1 aromatic rings. The number of rotatable bonds is 7. The zero-order valence-electron chi connectivity index (χ0n) is 17.6. The van der Waals surface area contributed by atoms with Crippen molar-refractivity contribution in [3.63, 3.8) is 0 Å². The molecule has 0 radical (unpaired) electrons. The molecule has 31 heavy (non-hydrogen) atoms. The first kappa shape index (κ1) is 22.8. The van der Waals surface area contributed by atoms with Crippen LogP contribution in [0.3, 0.4) is 0 Å². The van der Waals surface area contributed by atoms with Crippen molar-refractivity contribution >= 4 is 41.3 Å². The highest BCUT2D eigenvalue weighted by molar-refractivity contribution is 8.01. The van der Waals surface area contributed by atoms with Crippen LogP contribution in [0.2, 0.25) is 0 Å². The highest BCUT2D eigenvalue weighted by atomic mass is 32.2. The van der Waals surface area contributed by atoms with Gasteiger partial charge in [0, 0.05) is 4.75 Å². The number of Topliss-reactive ketones (excluding diaryl/α,β-unsaturated/α-hetero) is 1. The van der Waals surface area contributed by atoms with Crippen LogP contribution < -0.4 is 5.32 Å². The number of amides is 2. The van der Waals surface area contributed by atoms with Gasteiger partial charge < -0.3 is 19.7 Å². The number of fused-ring (bicyclic) bond motifs is 1. The predicted molar refractivity (Wildman–Crippen MR) is 111 cm³/mol. The Morgan fingerprint density at radius 3 is 2.42 bits per heavy atom. The summed E-state index contributed by atoms with van der Waals surface area (Å²) in [6.45, 7) is 4.64. The molecule has 2 amide bonds. The zero-order valence-corrected chi connectivity index (χ0v) is 18.4. The summed E-state index contributed by atoms with van der Waals surface area (Å²) in [5.74, 6) is -3.24. The van der Waals surface area contributed by atoms with Crippen LogP contribution in [0.1, 0.15) is 26.3 Å². The largest absolute Gasteiger partial charge is 0.466 e. The lowest BCUT2D eigenvalue weighted by Crippen LogP contribution is -2.71. The number of carbonyl (C=O) groups excluding carboxylic acids is 5. The number of hydrogen-bond acceptors (Lipinski definition) is 8. The Morgan fingerprint density at radius 2 is 1.84 bits per heavy atom. The Hall–Kier alpha value is -2.88. The van der Waals surface area contributed by atoms with Gasteiger partial charge >= 0.3 is 11.9 Å². The van der Waals surface area contributed by atoms with E-state index in [0.717, 1.165) is 19.6 Å². The van der Waals surface area contributed by atoms with Gasteiger partial charge in [-0.3, -0.25) is 14.4 Å². The summed E-state index contributed by atoms with van der Waals surface area (Å²) in [5.41, 5.74) is 0.822. The minimum atomic E-state index is -1.69. The van der Waals surface area contributed by atoms with Crippen LogP contribution in [-0.2, 0) is 39.9 Å². The molecule has 0 aliphatic carbocycles. The summed E-state index contributed by atoms with van der Waals surface area (Å²) in [5, 5.41) is 2.29. The number of benzene rings is 1. The molecule has 2 aliphatic heterocycles. The first-order valence-electron chi connectivity index (χ1n) is 9.69. The summed E-state index contributed by atoms with van der Waals surface area (Å²) in [6, 6.07) is 7.37. The molecule has 4 unspecified atom stereocenters. The fourth-order valence-corrected chi connectivity index (χ4v) is 5.34. The van der Waals surface area contributed by atoms with E-state index in [0.29, 0.717) is 0 Å². The zero-order chi connectivity index (χ0) is 22.9. The number of β-lactam (4-membered cyclic amide) rings is 1. The second kappa shape index (κ2) is 8.70. The van der Waals surface area contributed by atoms with Crippen molar-refractivity contribution in [2.24, 2.45) is 0 Å². The molecule has 2 aliphatic rings. The molecule has 0 aromatic heterocycles. The van der Waals surface area contributed by atoms with Gasteiger partial charge in [0.2, 0.25) is 11.8 Å². The van der Waals surface area contributed by atoms with Gasteiger partial charge in [-0.1, -0.05) is 30.3 Å². The molecule has 166 valence electrons. The smallest absolute Gasteiger partial charge is 0.355 e. The first-order chi connectivity index (χ1) is 14.6. The average molecular weight is 448 g/mol. The van der Waals surface area contributed by atoms with Gasteiger partial charge in [-0.25, -0.2) is 9.59 Å². The molecule has 1 N–H and O–H groups in total. The quantitative estimate of drug-likeness (QED) is 0.363. The molecule has 2 heterocycles. The molecule has 2 fully saturated rings. The Labute approximate surface area is 183 Å². The molecular formula is C21H24N2O7S. The lowest BCUT2D eigenvalue weighted by molar-refractivity contribution is -0.176. The van der Waals surface area contributed by atoms with E-state index in [1.54, 1.807) is 13.8 Å². The third-order valence-corrected chi connectivity index (χ3v) is 6.78. The van der Waals surface area contributed by atoms with Crippen LogP contribution in [0.25, 0.3) is 0 Å². The van der Waals surface area contributed by atoms with E-state index < -0.39 is 51.9 Å². The van der Waals surface area contributed by atoms with E-state index in [1.165, 1.54) is 16.7 Å². The second-order valence-corrected chi connectivity index (χ2v) is 9.69. The monoisotopic (exact) mass is 448 g/mol. The Balaban J connectivity index is 1.69. The van der Waals surface area contributed by atoms with Crippen LogP contribution in [0.4, 0.5) is 0 Å². The fraction of sp³-hybridized carbons (Fsp3) is 0.476. The summed E-state index contributed by atoms with van der Waals surface area (Å²) in [7, 11) is 1.08. The fourth-order valence-electron chi connectivity index (χ4n) is 3.72. The molecule has 0 saturated carbocycles. The summed E-state index contributed by atoms with van der Waals surface area (Å²) >= 11 is 1.35. The molecule has 2 saturated heterocycles. The molecule has 1 aromatic carbocycles. The van der Waals surface area contributed by atoms with Crippen LogP contribution in [0, 0.1) is 0 Å². The van der Waals surface area contributed by atoms with Crippen LogP contribution in [0.5, 0.6) is 0 Å². The number of ketones is 1. The third-order valence-electron chi connectivity index (χ3n) is 5.21. The van der Waals surface area contributed by atoms with Crippen molar-refractivity contribution in [3.8, 4) is 0 Å². The highest BCUT2D eigenvalue weighted by Crippen LogP contribution is 2.51. The van der Waals surface area contributed by atoms with Gasteiger partial charge in [0.05, 0.1) is 13.5 Å². The molecule has 0 spiro atoms. The van der Waals surface area contributed by atoms with Crippen LogP contribution >= 0.6 is 11.8 Å². The minimum absolute atomic E-state index is 0.135. The third kappa shape index (κ3) is 4.43. The van der Waals surface area contributed by atoms with Crippen molar-refractivity contribution < 1.29 is 33.4 Å². The van der Waals surface area contributed by atoms with Crippen molar-refractivity contribution in [1.29, 1.82) is 0 Å². The maximum absolute atomic E-state index is 12.8. The van der Waals surface area contributed by atoms with Gasteiger partial charge in [-0.05, 0) is 26.3 Å². The van der Waals surface area contributed by atoms with E-state index in [4.69, 9.17) is 4.74 Å². The van der Waals surface area contributed by atoms with Gasteiger partial charge in [0.1, 0.15) is 17.5 Å². The predicted octanol–water partition coefficient (Wildman–Crippen LogP) is 0.450. The molecular weight excluding hydrogens is 424 g/mol. The van der Waals surface area contributed by atoms with Gasteiger partial charge in [0.15, 0.2) is 5.78 Å². The average Bonchev–Trinajstić information content (AvgIpc) is 2.98. The maximum Gasteiger partial charge on any atom is 0.355 e. The lowest BCUT2D eigenvalue weighted by Gasteiger charge is -2.44. The standard InChI is InChI=1S/C21H24N2O7S/c1-11(24)15(19(27)29-4)30-20(28)16-21(2,3)31-18-14(17(26)23(16)18)22-13(25)10-12-8-6-5-7-9-12/h5-9,14-16,18H,10H2,1-4H3,(H,22,25). The van der Waals surface area contributed by atoms with E-state index in [-0.39, 0.29) is 12.3 Å². The Morgan fingerprint density at radius 1 is 1.19 bits per heavy atom. The van der Waals surface area contributed by atoms with Crippen molar-refractivity contribution in [1.82, 2.24) is 10.2 Å². The molecule has 9 nitrogen and oxygen atoms in total. The van der Waals surface area contributed by atoms with Gasteiger partial charge in [-0.15, -0.1) is 11.8 Å². The molecule has 10 heteroatoms. The van der Waals surface area contributed by atoms with Gasteiger partial charge in [-0.2, -0.15) is 0 Å². The number of ether oxygens (including phenoxy) is 2. The van der Waals surface area contributed by atoms with E-state index in [1.807, 2.05) is 30.3 Å².